The van der Waals surface area contributed by atoms with Crippen molar-refractivity contribution in [1.29, 1.82) is 0 Å². The van der Waals surface area contributed by atoms with Gasteiger partial charge in [0, 0.05) is 4.90 Å². The van der Waals surface area contributed by atoms with Gasteiger partial charge in [0.25, 0.3) is 0 Å². The Morgan fingerprint density at radius 2 is 2.27 bits per heavy atom. The summed E-state index contributed by atoms with van der Waals surface area (Å²) in [6.45, 7) is 0.0722. The third-order valence-corrected chi connectivity index (χ3v) is 2.21. The second-order valence-corrected chi connectivity index (χ2v) is 3.56. The van der Waals surface area contributed by atoms with Crippen molar-refractivity contribution in [3.05, 3.63) is 29.8 Å². The molecule has 0 fully saturated rings. The Kier molecular flexibility index (Phi) is 4.38. The lowest BCUT2D eigenvalue weighted by atomic mass is 10.1. The van der Waals surface area contributed by atoms with E-state index in [1.807, 2.05) is 0 Å². The van der Waals surface area contributed by atoms with Crippen molar-refractivity contribution in [2.75, 3.05) is 6.54 Å². The fraction of sp³-hybridized carbons (Fsp3) is 0.222. The van der Waals surface area contributed by atoms with Gasteiger partial charge in [0.05, 0.1) is 24.8 Å². The normalized spacial score (nSPS) is 12.1. The number of aliphatic hydroxyl groups is 1. The molecule has 0 aliphatic rings. The minimum atomic E-state index is -0.820. The van der Waals surface area contributed by atoms with Crippen LogP contribution in [-0.2, 0) is 0 Å². The number of aliphatic imine (C=N–C) groups is 1. The number of hydrogen-bond acceptors (Lipinski definition) is 3. The summed E-state index contributed by atoms with van der Waals surface area (Å²) in [5.41, 5.74) is 10.8. The number of hydrogen-bond donors (Lipinski definition) is 3. The molecular weight excluding hydrogens is 217 g/mol. The van der Waals surface area contributed by atoms with Crippen LogP contribution in [0.5, 0.6) is 0 Å². The number of rotatable bonds is 4. The first-order valence-corrected chi connectivity index (χ1v) is 4.97. The monoisotopic (exact) mass is 229 g/mol. The molecule has 0 heterocycles. The fourth-order valence-corrected chi connectivity index (χ4v) is 1.38. The highest BCUT2D eigenvalue weighted by atomic mass is 32.2. The number of aliphatic hydroxyl groups excluding tert-OH is 1. The van der Waals surface area contributed by atoms with E-state index in [2.05, 4.69) is 4.99 Å². The Balaban J connectivity index is 2.72. The number of benzene rings is 1. The van der Waals surface area contributed by atoms with E-state index in [0.29, 0.717) is 10.5 Å². The van der Waals surface area contributed by atoms with Crippen molar-refractivity contribution >= 4 is 18.1 Å². The van der Waals surface area contributed by atoms with Gasteiger partial charge in [0.1, 0.15) is 0 Å². The predicted octanol–water partition coefficient (Wildman–Crippen LogP) is 0.970. The summed E-state index contributed by atoms with van der Waals surface area (Å²) in [5.74, 6) is -0.0786. The van der Waals surface area contributed by atoms with Gasteiger partial charge in [0.15, 0.2) is 5.96 Å². The van der Waals surface area contributed by atoms with Crippen LogP contribution in [0.4, 0.5) is 3.89 Å². The Hall–Kier alpha value is -1.27. The molecule has 82 valence electrons. The average Bonchev–Trinajstić information content (AvgIpc) is 2.26. The van der Waals surface area contributed by atoms with E-state index < -0.39 is 6.10 Å². The van der Waals surface area contributed by atoms with Crippen LogP contribution in [0, 0.1) is 0 Å². The van der Waals surface area contributed by atoms with Crippen LogP contribution in [0.15, 0.2) is 34.2 Å². The summed E-state index contributed by atoms with van der Waals surface area (Å²) in [5, 5.41) is 9.64. The van der Waals surface area contributed by atoms with Gasteiger partial charge >= 0.3 is 0 Å². The molecule has 1 aromatic rings. The second-order valence-electron chi connectivity index (χ2n) is 2.93. The van der Waals surface area contributed by atoms with E-state index in [-0.39, 0.29) is 24.7 Å². The molecule has 0 saturated heterocycles. The Bertz CT molecular complexity index is 355. The molecule has 6 heteroatoms. The molecule has 1 aromatic carbocycles. The van der Waals surface area contributed by atoms with E-state index in [9.17, 15) is 8.99 Å². The Labute approximate surface area is 91.5 Å². The van der Waals surface area contributed by atoms with Crippen molar-refractivity contribution in [1.82, 2.24) is 0 Å². The van der Waals surface area contributed by atoms with Gasteiger partial charge < -0.3 is 16.6 Å². The lowest BCUT2D eigenvalue weighted by molar-refractivity contribution is 0.187. The van der Waals surface area contributed by atoms with E-state index in [0.717, 1.165) is 0 Å². The van der Waals surface area contributed by atoms with Gasteiger partial charge in [-0.05, 0) is 17.7 Å². The minimum absolute atomic E-state index is 0.0722. The SMILES string of the molecule is NC(N)=NC[C@H](O)c1cccc(SF)c1. The molecule has 4 nitrogen and oxygen atoms in total. The first-order valence-electron chi connectivity index (χ1n) is 4.25. The molecule has 0 aliphatic carbocycles. The molecule has 1 atom stereocenters. The first-order chi connectivity index (χ1) is 7.13. The zero-order chi connectivity index (χ0) is 11.3. The molecule has 15 heavy (non-hydrogen) atoms. The smallest absolute Gasteiger partial charge is 0.186 e. The van der Waals surface area contributed by atoms with Crippen LogP contribution in [0.3, 0.4) is 0 Å². The highest BCUT2D eigenvalue weighted by Crippen LogP contribution is 2.22. The standard InChI is InChI=1S/C9H12FN3OS/c10-15-7-3-1-2-6(4-7)8(14)5-13-9(11)12/h1-4,8,14H,5H2,(H4,11,12,13)/t8-/m0/s1. The van der Waals surface area contributed by atoms with Crippen LogP contribution in [0.1, 0.15) is 11.7 Å². The average molecular weight is 229 g/mol. The van der Waals surface area contributed by atoms with Gasteiger partial charge in [-0.2, -0.15) is 3.89 Å². The molecular formula is C9H12FN3OS. The second kappa shape index (κ2) is 5.57. The zero-order valence-corrected chi connectivity index (χ0v) is 8.75. The summed E-state index contributed by atoms with van der Waals surface area (Å²) >= 11 is 0.128. The summed E-state index contributed by atoms with van der Waals surface area (Å²) in [7, 11) is 0. The molecule has 5 N–H and O–H groups in total. The fourth-order valence-electron chi connectivity index (χ4n) is 1.07. The van der Waals surface area contributed by atoms with E-state index in [1.165, 1.54) is 0 Å². The molecule has 0 bridgehead atoms. The number of guanidine groups is 1. The number of nitrogens with zero attached hydrogens (tertiary/aromatic N) is 1. The molecule has 0 amide bonds. The van der Waals surface area contributed by atoms with Crippen molar-refractivity contribution in [3.8, 4) is 0 Å². The van der Waals surface area contributed by atoms with Gasteiger partial charge in [-0.25, -0.2) is 0 Å². The summed E-state index contributed by atoms with van der Waals surface area (Å²) in [6, 6.07) is 6.52. The molecule has 0 unspecified atom stereocenters. The molecule has 0 spiro atoms. The maximum Gasteiger partial charge on any atom is 0.186 e. The highest BCUT2D eigenvalue weighted by molar-refractivity contribution is 7.94. The Morgan fingerprint density at radius 3 is 2.87 bits per heavy atom. The first kappa shape index (κ1) is 11.8. The topological polar surface area (TPSA) is 84.6 Å². The van der Waals surface area contributed by atoms with Gasteiger partial charge in [-0.15, -0.1) is 0 Å². The summed E-state index contributed by atoms with van der Waals surface area (Å²) < 4.78 is 12.3. The van der Waals surface area contributed by atoms with Crippen molar-refractivity contribution in [2.24, 2.45) is 16.5 Å². The van der Waals surface area contributed by atoms with E-state index in [4.69, 9.17) is 11.5 Å². The zero-order valence-electron chi connectivity index (χ0n) is 7.93. The van der Waals surface area contributed by atoms with Gasteiger partial charge in [0.2, 0.25) is 0 Å². The Morgan fingerprint density at radius 1 is 1.53 bits per heavy atom. The maximum absolute atomic E-state index is 12.3. The van der Waals surface area contributed by atoms with Crippen molar-refractivity contribution < 1.29 is 8.99 Å². The molecule has 1 rings (SSSR count). The van der Waals surface area contributed by atoms with E-state index >= 15 is 0 Å². The summed E-state index contributed by atoms with van der Waals surface area (Å²) in [6.07, 6.45) is -0.820. The van der Waals surface area contributed by atoms with Crippen LogP contribution in [0.2, 0.25) is 0 Å². The van der Waals surface area contributed by atoms with Crippen molar-refractivity contribution in [2.45, 2.75) is 11.0 Å². The van der Waals surface area contributed by atoms with Crippen LogP contribution >= 0.6 is 12.1 Å². The lowest BCUT2D eigenvalue weighted by Gasteiger charge is -2.08. The number of nitrogens with two attached hydrogens (primary N) is 2. The molecule has 0 aliphatic heterocycles. The van der Waals surface area contributed by atoms with Crippen molar-refractivity contribution in [3.63, 3.8) is 0 Å². The van der Waals surface area contributed by atoms with E-state index in [1.54, 1.807) is 24.3 Å². The molecule has 0 radical (unpaired) electrons. The highest BCUT2D eigenvalue weighted by Gasteiger charge is 2.07. The van der Waals surface area contributed by atoms with Gasteiger partial charge in [-0.1, -0.05) is 12.1 Å². The minimum Gasteiger partial charge on any atom is -0.386 e. The maximum atomic E-state index is 12.3. The largest absolute Gasteiger partial charge is 0.386 e. The molecule has 0 saturated carbocycles. The number of halogens is 1. The van der Waals surface area contributed by atoms with Crippen LogP contribution in [0.25, 0.3) is 0 Å². The third-order valence-electron chi connectivity index (χ3n) is 1.78. The molecule has 0 aromatic heterocycles. The third kappa shape index (κ3) is 3.77. The van der Waals surface area contributed by atoms with Crippen LogP contribution < -0.4 is 11.5 Å². The summed E-state index contributed by atoms with van der Waals surface area (Å²) in [4.78, 5) is 4.12. The van der Waals surface area contributed by atoms with Gasteiger partial charge in [-0.3, -0.25) is 4.99 Å². The predicted molar refractivity (Wildman–Crippen MR) is 59.0 cm³/mol. The van der Waals surface area contributed by atoms with Crippen LogP contribution in [-0.4, -0.2) is 17.6 Å². The lowest BCUT2D eigenvalue weighted by Crippen LogP contribution is -2.23. The quantitative estimate of drug-likeness (QED) is 0.530.